The molecule has 1 aliphatic rings. The second-order valence-electron chi connectivity index (χ2n) is 6.64. The van der Waals surface area contributed by atoms with Gasteiger partial charge in [-0.15, -0.1) is 0 Å². The van der Waals surface area contributed by atoms with Crippen molar-refractivity contribution in [1.29, 1.82) is 0 Å². The number of hydrogen-bond donors (Lipinski definition) is 2. The molecule has 0 aliphatic heterocycles. The maximum Gasteiger partial charge on any atom is 0.408 e. The molecule has 0 radical (unpaired) electrons. The standard InChI is InChI=1S/C15H22N2O5/c1-14(2,3)21-13(20)17-15(7-5-4-6-8-15)11-10(12(18)19)9-16-22-11/h9H,4-8H2,1-3H3,(H,17,20)(H,18,19). The van der Waals surface area contributed by atoms with E-state index in [2.05, 4.69) is 10.5 Å². The number of carboxylic acid groups (broad SMARTS) is 1. The van der Waals surface area contributed by atoms with E-state index in [0.717, 1.165) is 19.3 Å². The van der Waals surface area contributed by atoms with Crippen molar-refractivity contribution in [2.24, 2.45) is 0 Å². The van der Waals surface area contributed by atoms with Gasteiger partial charge in [-0.1, -0.05) is 24.4 Å². The Morgan fingerprint density at radius 1 is 1.32 bits per heavy atom. The van der Waals surface area contributed by atoms with Crippen LogP contribution in [-0.2, 0) is 10.3 Å². The maximum absolute atomic E-state index is 12.2. The smallest absolute Gasteiger partial charge is 0.408 e. The van der Waals surface area contributed by atoms with E-state index in [-0.39, 0.29) is 11.3 Å². The molecule has 1 amide bonds. The molecule has 0 saturated heterocycles. The Hall–Kier alpha value is -2.05. The van der Waals surface area contributed by atoms with Crippen LogP contribution in [-0.4, -0.2) is 27.9 Å². The third kappa shape index (κ3) is 3.58. The molecule has 1 aliphatic carbocycles. The normalized spacial score (nSPS) is 17.8. The van der Waals surface area contributed by atoms with Crippen molar-refractivity contribution in [3.63, 3.8) is 0 Å². The molecule has 0 atom stereocenters. The molecule has 0 aromatic carbocycles. The van der Waals surface area contributed by atoms with Crippen LogP contribution in [0.2, 0.25) is 0 Å². The van der Waals surface area contributed by atoms with Gasteiger partial charge in [0.05, 0.1) is 6.20 Å². The van der Waals surface area contributed by atoms with E-state index in [1.165, 1.54) is 6.20 Å². The van der Waals surface area contributed by atoms with Crippen LogP contribution in [0.4, 0.5) is 4.79 Å². The summed E-state index contributed by atoms with van der Waals surface area (Å²) < 4.78 is 10.5. The minimum absolute atomic E-state index is 0.0158. The molecule has 0 spiro atoms. The molecular formula is C15H22N2O5. The number of carbonyl (C=O) groups excluding carboxylic acids is 1. The minimum atomic E-state index is -1.12. The number of carboxylic acids is 1. The summed E-state index contributed by atoms with van der Waals surface area (Å²) in [4.78, 5) is 23.5. The molecule has 1 aromatic heterocycles. The molecule has 7 nitrogen and oxygen atoms in total. The highest BCUT2D eigenvalue weighted by Gasteiger charge is 2.43. The number of hydrogen-bond acceptors (Lipinski definition) is 5. The third-order valence-corrected chi connectivity index (χ3v) is 3.68. The highest BCUT2D eigenvalue weighted by atomic mass is 16.6. The predicted molar refractivity (Wildman–Crippen MR) is 77.6 cm³/mol. The summed E-state index contributed by atoms with van der Waals surface area (Å²) in [6.07, 6.45) is 4.57. The number of rotatable bonds is 3. The lowest BCUT2D eigenvalue weighted by molar-refractivity contribution is 0.0383. The van der Waals surface area contributed by atoms with E-state index in [1.54, 1.807) is 20.8 Å². The first-order valence-electron chi connectivity index (χ1n) is 7.43. The maximum atomic E-state index is 12.2. The van der Waals surface area contributed by atoms with E-state index in [0.29, 0.717) is 12.8 Å². The Morgan fingerprint density at radius 2 is 1.95 bits per heavy atom. The Morgan fingerprint density at radius 3 is 2.50 bits per heavy atom. The van der Waals surface area contributed by atoms with Crippen LogP contribution in [0, 0.1) is 0 Å². The Labute approximate surface area is 129 Å². The van der Waals surface area contributed by atoms with Crippen molar-refractivity contribution in [3.05, 3.63) is 17.5 Å². The second kappa shape index (κ2) is 5.98. The molecular weight excluding hydrogens is 288 g/mol. The van der Waals surface area contributed by atoms with Crippen LogP contribution in [0.1, 0.15) is 69.0 Å². The number of amides is 1. The molecule has 2 rings (SSSR count). The number of nitrogens with zero attached hydrogens (tertiary/aromatic N) is 1. The van der Waals surface area contributed by atoms with Crippen molar-refractivity contribution in [3.8, 4) is 0 Å². The van der Waals surface area contributed by atoms with E-state index in [4.69, 9.17) is 9.26 Å². The van der Waals surface area contributed by atoms with Gasteiger partial charge in [-0.2, -0.15) is 0 Å². The number of ether oxygens (including phenoxy) is 1. The zero-order valence-corrected chi connectivity index (χ0v) is 13.1. The first kappa shape index (κ1) is 16.3. The van der Waals surface area contributed by atoms with Gasteiger partial charge in [0.1, 0.15) is 16.7 Å². The van der Waals surface area contributed by atoms with E-state index >= 15 is 0 Å². The van der Waals surface area contributed by atoms with Crippen LogP contribution in [0.25, 0.3) is 0 Å². The van der Waals surface area contributed by atoms with Gasteiger partial charge < -0.3 is 19.7 Å². The number of carbonyl (C=O) groups is 2. The Bertz CT molecular complexity index is 553. The molecule has 122 valence electrons. The van der Waals surface area contributed by atoms with Gasteiger partial charge in [0, 0.05) is 0 Å². The second-order valence-corrected chi connectivity index (χ2v) is 6.64. The number of nitrogens with one attached hydrogen (secondary N) is 1. The highest BCUT2D eigenvalue weighted by molar-refractivity contribution is 5.89. The van der Waals surface area contributed by atoms with Crippen molar-refractivity contribution in [1.82, 2.24) is 10.5 Å². The predicted octanol–water partition coefficient (Wildman–Crippen LogP) is 3.06. The SMILES string of the molecule is CC(C)(C)OC(=O)NC1(c2oncc2C(=O)O)CCCCC1. The summed E-state index contributed by atoms with van der Waals surface area (Å²) in [6.45, 7) is 5.33. The summed E-state index contributed by atoms with van der Waals surface area (Å²) in [5, 5.41) is 15.7. The molecule has 1 fully saturated rings. The van der Waals surface area contributed by atoms with Crippen LogP contribution in [0.5, 0.6) is 0 Å². The van der Waals surface area contributed by atoms with Crippen molar-refractivity contribution >= 4 is 12.1 Å². The van der Waals surface area contributed by atoms with Gasteiger partial charge >= 0.3 is 12.1 Å². The zero-order chi connectivity index (χ0) is 16.4. The summed E-state index contributed by atoms with van der Waals surface area (Å²) in [5.41, 5.74) is -1.51. The van der Waals surface area contributed by atoms with Gasteiger partial charge in [0.15, 0.2) is 5.76 Å². The van der Waals surface area contributed by atoms with Crippen molar-refractivity contribution in [2.75, 3.05) is 0 Å². The summed E-state index contributed by atoms with van der Waals surface area (Å²) in [5.74, 6) is -0.919. The fraction of sp³-hybridized carbons (Fsp3) is 0.667. The van der Waals surface area contributed by atoms with Gasteiger partial charge in [0.25, 0.3) is 0 Å². The molecule has 1 aromatic rings. The fourth-order valence-electron chi connectivity index (χ4n) is 2.80. The van der Waals surface area contributed by atoms with Gasteiger partial charge in [-0.3, -0.25) is 0 Å². The van der Waals surface area contributed by atoms with E-state index in [1.807, 2.05) is 0 Å². The lowest BCUT2D eigenvalue weighted by Gasteiger charge is -2.36. The average molecular weight is 310 g/mol. The van der Waals surface area contributed by atoms with Gasteiger partial charge in [-0.05, 0) is 33.6 Å². The lowest BCUT2D eigenvalue weighted by atomic mass is 9.78. The van der Waals surface area contributed by atoms with Crippen LogP contribution < -0.4 is 5.32 Å². The summed E-state index contributed by atoms with van der Waals surface area (Å²) >= 11 is 0. The van der Waals surface area contributed by atoms with Gasteiger partial charge in [-0.25, -0.2) is 9.59 Å². The fourth-order valence-corrected chi connectivity index (χ4v) is 2.80. The van der Waals surface area contributed by atoms with Gasteiger partial charge in [0.2, 0.25) is 0 Å². The largest absolute Gasteiger partial charge is 0.478 e. The highest BCUT2D eigenvalue weighted by Crippen LogP contribution is 2.39. The van der Waals surface area contributed by atoms with Crippen LogP contribution in [0.15, 0.2) is 10.7 Å². The molecule has 22 heavy (non-hydrogen) atoms. The average Bonchev–Trinajstić information content (AvgIpc) is 2.87. The number of alkyl carbamates (subject to hydrolysis) is 1. The minimum Gasteiger partial charge on any atom is -0.478 e. The first-order valence-corrected chi connectivity index (χ1v) is 7.43. The number of aromatic carboxylic acids is 1. The molecule has 7 heteroatoms. The molecule has 1 heterocycles. The molecule has 2 N–H and O–H groups in total. The van der Waals surface area contributed by atoms with Crippen molar-refractivity contribution in [2.45, 2.75) is 64.0 Å². The quantitative estimate of drug-likeness (QED) is 0.889. The lowest BCUT2D eigenvalue weighted by Crippen LogP contribution is -2.49. The number of aromatic nitrogens is 1. The summed E-state index contributed by atoms with van der Waals surface area (Å²) in [7, 11) is 0. The molecule has 0 unspecified atom stereocenters. The monoisotopic (exact) mass is 310 g/mol. The Kier molecular flexibility index (Phi) is 4.44. The zero-order valence-electron chi connectivity index (χ0n) is 13.1. The topological polar surface area (TPSA) is 102 Å². The summed E-state index contributed by atoms with van der Waals surface area (Å²) in [6, 6.07) is 0. The Balaban J connectivity index is 2.30. The first-order chi connectivity index (χ1) is 10.2. The van der Waals surface area contributed by atoms with E-state index < -0.39 is 23.2 Å². The third-order valence-electron chi connectivity index (χ3n) is 3.68. The van der Waals surface area contributed by atoms with Crippen LogP contribution >= 0.6 is 0 Å². The molecule has 0 bridgehead atoms. The van der Waals surface area contributed by atoms with E-state index in [9.17, 15) is 14.7 Å². The van der Waals surface area contributed by atoms with Crippen molar-refractivity contribution < 1.29 is 24.0 Å². The molecule has 1 saturated carbocycles. The van der Waals surface area contributed by atoms with Crippen LogP contribution in [0.3, 0.4) is 0 Å².